The lowest BCUT2D eigenvalue weighted by Crippen LogP contribution is -2.41. The Morgan fingerprint density at radius 2 is 1.83 bits per heavy atom. The summed E-state index contributed by atoms with van der Waals surface area (Å²) in [5.74, 6) is -0.482. The van der Waals surface area contributed by atoms with Crippen LogP contribution in [0.1, 0.15) is 24.0 Å². The van der Waals surface area contributed by atoms with Gasteiger partial charge in [-0.1, -0.05) is 29.8 Å². The lowest BCUT2D eigenvalue weighted by molar-refractivity contribution is -0.0484. The van der Waals surface area contributed by atoms with Gasteiger partial charge in [0.25, 0.3) is 0 Å². The molecule has 5 nitrogen and oxygen atoms in total. The fourth-order valence-corrected chi connectivity index (χ4v) is 2.70. The van der Waals surface area contributed by atoms with Crippen molar-refractivity contribution in [1.82, 2.24) is 9.79 Å². The number of aryl methyl sites for hydroxylation is 1. The van der Waals surface area contributed by atoms with E-state index in [0.29, 0.717) is 10.9 Å². The minimum absolute atomic E-state index is 0.189. The fourth-order valence-electron chi connectivity index (χ4n) is 1.97. The van der Waals surface area contributed by atoms with E-state index in [1.807, 2.05) is 19.1 Å². The smallest absolute Gasteiger partial charge is 0.302 e. The summed E-state index contributed by atoms with van der Waals surface area (Å²) < 4.78 is 61.1. The van der Waals surface area contributed by atoms with E-state index < -0.39 is 21.4 Å². The predicted molar refractivity (Wildman–Crippen MR) is 81.2 cm³/mol. The molecule has 1 aromatic rings. The molecule has 132 valence electrons. The van der Waals surface area contributed by atoms with Gasteiger partial charge in [0.2, 0.25) is 0 Å². The number of nitrogens with one attached hydrogen (secondary N) is 1. The van der Waals surface area contributed by atoms with Crippen molar-refractivity contribution in [2.45, 2.75) is 25.3 Å². The SMILES string of the molecule is CCONCC(CN(C)S(=O)(=O)C(F)(F)F)c1ccc(C)cc1. The summed E-state index contributed by atoms with van der Waals surface area (Å²) in [6.07, 6.45) is 0. The van der Waals surface area contributed by atoms with Crippen molar-refractivity contribution in [3.63, 3.8) is 0 Å². The molecule has 1 N–H and O–H groups in total. The molecule has 9 heteroatoms. The number of hydroxylamine groups is 1. The van der Waals surface area contributed by atoms with E-state index in [0.717, 1.165) is 18.2 Å². The second kappa shape index (κ2) is 8.09. The summed E-state index contributed by atoms with van der Waals surface area (Å²) in [6.45, 7) is 3.91. The third-order valence-corrected chi connectivity index (χ3v) is 4.86. The van der Waals surface area contributed by atoms with Crippen LogP contribution >= 0.6 is 0 Å². The molecule has 0 aliphatic carbocycles. The van der Waals surface area contributed by atoms with Crippen LogP contribution in [0, 0.1) is 6.92 Å². The highest BCUT2D eigenvalue weighted by Crippen LogP contribution is 2.28. The van der Waals surface area contributed by atoms with Crippen LogP contribution in [0.3, 0.4) is 0 Å². The number of hydrogen-bond donors (Lipinski definition) is 1. The highest BCUT2D eigenvalue weighted by molar-refractivity contribution is 7.89. The van der Waals surface area contributed by atoms with E-state index in [1.165, 1.54) is 0 Å². The van der Waals surface area contributed by atoms with Gasteiger partial charge in [0.1, 0.15) is 0 Å². The number of likely N-dealkylation sites (N-methyl/N-ethyl adjacent to an activating group) is 1. The molecular weight excluding hydrogens is 333 g/mol. The Kier molecular flexibility index (Phi) is 7.00. The summed E-state index contributed by atoms with van der Waals surface area (Å²) in [6, 6.07) is 7.17. The van der Waals surface area contributed by atoms with E-state index in [4.69, 9.17) is 4.84 Å². The molecule has 0 aromatic heterocycles. The minimum Gasteiger partial charge on any atom is -0.302 e. The summed E-state index contributed by atoms with van der Waals surface area (Å²) in [5.41, 5.74) is -0.941. The van der Waals surface area contributed by atoms with E-state index in [1.54, 1.807) is 19.1 Å². The number of alkyl halides is 3. The first-order chi connectivity index (χ1) is 10.6. The average Bonchev–Trinajstić information content (AvgIpc) is 2.46. The maximum atomic E-state index is 12.6. The monoisotopic (exact) mass is 354 g/mol. The summed E-state index contributed by atoms with van der Waals surface area (Å²) >= 11 is 0. The van der Waals surface area contributed by atoms with Crippen molar-refractivity contribution in [2.24, 2.45) is 0 Å². The molecule has 0 aliphatic rings. The van der Waals surface area contributed by atoms with Gasteiger partial charge in [-0.3, -0.25) is 0 Å². The molecule has 0 saturated carbocycles. The molecule has 1 rings (SSSR count). The summed E-state index contributed by atoms with van der Waals surface area (Å²) in [7, 11) is -4.43. The van der Waals surface area contributed by atoms with E-state index >= 15 is 0 Å². The molecule has 0 spiro atoms. The topological polar surface area (TPSA) is 58.6 Å². The lowest BCUT2D eigenvalue weighted by atomic mass is 9.98. The normalized spacial score (nSPS) is 14.2. The molecule has 1 unspecified atom stereocenters. The zero-order valence-corrected chi connectivity index (χ0v) is 14.0. The predicted octanol–water partition coefficient (Wildman–Crippen LogP) is 2.40. The van der Waals surface area contributed by atoms with Crippen LogP contribution in [0.5, 0.6) is 0 Å². The standard InChI is InChI=1S/C14H21F3N2O3S/c1-4-22-18-9-13(12-7-5-11(2)6-8-12)10-19(3)23(20,21)14(15,16)17/h5-8,13,18H,4,9-10H2,1-3H3. The second-order valence-electron chi connectivity index (χ2n) is 5.12. The Balaban J connectivity index is 2.94. The van der Waals surface area contributed by atoms with Gasteiger partial charge < -0.3 is 4.84 Å². The number of nitrogens with zero attached hydrogens (tertiary/aromatic N) is 1. The van der Waals surface area contributed by atoms with Crippen molar-refractivity contribution in [2.75, 3.05) is 26.7 Å². The van der Waals surface area contributed by atoms with Crippen molar-refractivity contribution in [3.8, 4) is 0 Å². The van der Waals surface area contributed by atoms with E-state index in [9.17, 15) is 21.6 Å². The van der Waals surface area contributed by atoms with Crippen LogP contribution in [0.25, 0.3) is 0 Å². The molecule has 0 saturated heterocycles. The first-order valence-corrected chi connectivity index (χ1v) is 8.47. The number of sulfonamides is 1. The molecule has 0 amide bonds. The van der Waals surface area contributed by atoms with Gasteiger partial charge in [-0.15, -0.1) is 0 Å². The fraction of sp³-hybridized carbons (Fsp3) is 0.571. The molecule has 23 heavy (non-hydrogen) atoms. The van der Waals surface area contributed by atoms with Gasteiger partial charge in [-0.2, -0.15) is 17.5 Å². The summed E-state index contributed by atoms with van der Waals surface area (Å²) in [5, 5.41) is 0. The molecule has 0 fully saturated rings. The van der Waals surface area contributed by atoms with Crippen molar-refractivity contribution in [3.05, 3.63) is 35.4 Å². The molecular formula is C14H21F3N2O3S. The van der Waals surface area contributed by atoms with Crippen LogP contribution in [0.4, 0.5) is 13.2 Å². The lowest BCUT2D eigenvalue weighted by Gasteiger charge is -2.25. The third-order valence-electron chi connectivity index (χ3n) is 3.31. The van der Waals surface area contributed by atoms with Crippen LogP contribution in [0.2, 0.25) is 0 Å². The number of benzene rings is 1. The van der Waals surface area contributed by atoms with Crippen molar-refractivity contribution >= 4 is 10.0 Å². The van der Waals surface area contributed by atoms with Crippen LogP contribution in [-0.2, 0) is 14.9 Å². The molecule has 1 atom stereocenters. The minimum atomic E-state index is -5.35. The van der Waals surface area contributed by atoms with Crippen molar-refractivity contribution in [1.29, 1.82) is 0 Å². The Morgan fingerprint density at radius 1 is 1.26 bits per heavy atom. The molecule has 1 aromatic carbocycles. The van der Waals surface area contributed by atoms with Gasteiger partial charge in [0, 0.05) is 26.1 Å². The first-order valence-electron chi connectivity index (χ1n) is 7.03. The van der Waals surface area contributed by atoms with Crippen LogP contribution in [-0.4, -0.2) is 45.0 Å². The Hall–Kier alpha value is -1.16. The van der Waals surface area contributed by atoms with E-state index in [2.05, 4.69) is 5.48 Å². The Labute approximate surface area is 134 Å². The third kappa shape index (κ3) is 5.45. The number of halogens is 3. The molecule has 0 heterocycles. The Bertz CT molecular complexity index is 588. The highest BCUT2D eigenvalue weighted by atomic mass is 32.2. The van der Waals surface area contributed by atoms with E-state index in [-0.39, 0.29) is 13.1 Å². The zero-order valence-electron chi connectivity index (χ0n) is 13.2. The van der Waals surface area contributed by atoms with Gasteiger partial charge >= 0.3 is 15.5 Å². The number of hydrogen-bond acceptors (Lipinski definition) is 4. The van der Waals surface area contributed by atoms with Crippen molar-refractivity contribution < 1.29 is 26.4 Å². The average molecular weight is 354 g/mol. The van der Waals surface area contributed by atoms with Gasteiger partial charge in [-0.05, 0) is 19.4 Å². The Morgan fingerprint density at radius 3 is 2.30 bits per heavy atom. The quantitative estimate of drug-likeness (QED) is 0.575. The van der Waals surface area contributed by atoms with Crippen LogP contribution < -0.4 is 5.48 Å². The first kappa shape index (κ1) is 19.9. The van der Waals surface area contributed by atoms with Gasteiger partial charge in [0.15, 0.2) is 0 Å². The molecule has 0 radical (unpaired) electrons. The molecule has 0 aliphatic heterocycles. The maximum Gasteiger partial charge on any atom is 0.511 e. The number of rotatable bonds is 8. The zero-order chi connectivity index (χ0) is 17.7. The summed E-state index contributed by atoms with van der Waals surface area (Å²) in [4.78, 5) is 5.00. The van der Waals surface area contributed by atoms with Crippen LogP contribution in [0.15, 0.2) is 24.3 Å². The largest absolute Gasteiger partial charge is 0.511 e. The molecule has 0 bridgehead atoms. The van der Waals surface area contributed by atoms with Gasteiger partial charge in [0.05, 0.1) is 6.61 Å². The van der Waals surface area contributed by atoms with Gasteiger partial charge in [-0.25, -0.2) is 13.9 Å². The highest BCUT2D eigenvalue weighted by Gasteiger charge is 2.49. The second-order valence-corrected chi connectivity index (χ2v) is 7.16. The maximum absolute atomic E-state index is 12.6.